The Morgan fingerprint density at radius 2 is 1.75 bits per heavy atom. The lowest BCUT2D eigenvalue weighted by molar-refractivity contribution is -0.122. The number of rotatable bonds is 6. The minimum atomic E-state index is -3.62. The Balaban J connectivity index is 1.44. The molecule has 2 aliphatic rings. The second-order valence-electron chi connectivity index (χ2n) is 6.64. The van der Waals surface area contributed by atoms with Gasteiger partial charge < -0.3 is 5.32 Å². The Hall–Kier alpha value is -1.48. The molecule has 0 unspecified atom stereocenters. The molecule has 1 saturated carbocycles. The van der Waals surface area contributed by atoms with Crippen molar-refractivity contribution in [2.75, 3.05) is 39.3 Å². The smallest absolute Gasteiger partial charge is 0.276 e. The zero-order valence-corrected chi connectivity index (χ0v) is 14.5. The Morgan fingerprint density at radius 3 is 2.29 bits per heavy atom. The van der Waals surface area contributed by atoms with Crippen LogP contribution in [0.15, 0.2) is 30.3 Å². The molecule has 0 bridgehead atoms. The molecule has 132 valence electrons. The lowest BCUT2D eigenvalue weighted by Gasteiger charge is -2.32. The molecule has 0 aromatic heterocycles. The summed E-state index contributed by atoms with van der Waals surface area (Å²) in [4.78, 5) is 14.1. The fraction of sp³-hybridized carbons (Fsp3) is 0.562. The van der Waals surface area contributed by atoms with Crippen LogP contribution in [0.1, 0.15) is 18.4 Å². The van der Waals surface area contributed by atoms with Gasteiger partial charge in [-0.1, -0.05) is 30.3 Å². The van der Waals surface area contributed by atoms with E-state index in [1.165, 1.54) is 9.87 Å². The predicted octanol–water partition coefficient (Wildman–Crippen LogP) is -0.344. The normalized spacial score (nSPS) is 21.4. The molecule has 2 fully saturated rings. The van der Waals surface area contributed by atoms with Gasteiger partial charge in [-0.25, -0.2) is 5.14 Å². The first-order valence-electron chi connectivity index (χ1n) is 8.22. The maximum Gasteiger partial charge on any atom is 0.276 e. The zero-order chi connectivity index (χ0) is 17.2. The zero-order valence-electron chi connectivity index (χ0n) is 13.6. The minimum Gasteiger partial charge on any atom is -0.354 e. The van der Waals surface area contributed by atoms with Gasteiger partial charge in [0.05, 0.1) is 6.54 Å². The average Bonchev–Trinajstić information content (AvgIpc) is 3.35. The van der Waals surface area contributed by atoms with E-state index in [1.807, 2.05) is 23.1 Å². The van der Waals surface area contributed by atoms with Crippen LogP contribution in [-0.4, -0.2) is 62.8 Å². The van der Waals surface area contributed by atoms with Crippen LogP contribution in [0.5, 0.6) is 0 Å². The average molecular weight is 352 g/mol. The highest BCUT2D eigenvalue weighted by Gasteiger charge is 2.44. The maximum atomic E-state index is 12.2. The molecule has 0 atom stereocenters. The third-order valence-corrected chi connectivity index (χ3v) is 6.01. The summed E-state index contributed by atoms with van der Waals surface area (Å²) in [5.74, 6) is -0.0127. The van der Waals surface area contributed by atoms with E-state index in [1.54, 1.807) is 0 Å². The summed E-state index contributed by atoms with van der Waals surface area (Å²) < 4.78 is 23.8. The summed E-state index contributed by atoms with van der Waals surface area (Å²) in [5, 5.41) is 8.15. The van der Waals surface area contributed by atoms with Crippen LogP contribution in [0.2, 0.25) is 0 Å². The number of amides is 1. The van der Waals surface area contributed by atoms with Gasteiger partial charge in [0, 0.05) is 38.1 Å². The fourth-order valence-electron chi connectivity index (χ4n) is 3.18. The van der Waals surface area contributed by atoms with Crippen molar-refractivity contribution in [2.24, 2.45) is 5.14 Å². The van der Waals surface area contributed by atoms with Crippen molar-refractivity contribution in [3.05, 3.63) is 35.9 Å². The number of piperazine rings is 1. The first-order chi connectivity index (χ1) is 11.4. The Bertz CT molecular complexity index is 681. The number of nitrogens with zero attached hydrogens (tertiary/aromatic N) is 2. The van der Waals surface area contributed by atoms with Crippen LogP contribution < -0.4 is 10.5 Å². The van der Waals surface area contributed by atoms with E-state index in [-0.39, 0.29) is 11.3 Å². The lowest BCUT2D eigenvalue weighted by atomic mass is 9.96. The largest absolute Gasteiger partial charge is 0.354 e. The highest BCUT2D eigenvalue weighted by atomic mass is 32.2. The third kappa shape index (κ3) is 4.13. The van der Waals surface area contributed by atoms with Gasteiger partial charge >= 0.3 is 0 Å². The van der Waals surface area contributed by atoms with Crippen LogP contribution in [0.3, 0.4) is 0 Å². The van der Waals surface area contributed by atoms with Crippen molar-refractivity contribution >= 4 is 16.1 Å². The maximum absolute atomic E-state index is 12.2. The molecule has 1 aromatic carbocycles. The van der Waals surface area contributed by atoms with Crippen LogP contribution in [0, 0.1) is 0 Å². The van der Waals surface area contributed by atoms with Gasteiger partial charge in [0.1, 0.15) is 0 Å². The highest BCUT2D eigenvalue weighted by molar-refractivity contribution is 7.86. The van der Waals surface area contributed by atoms with Crippen LogP contribution >= 0.6 is 0 Å². The van der Waals surface area contributed by atoms with Crippen molar-refractivity contribution in [1.29, 1.82) is 0 Å². The third-order valence-electron chi connectivity index (χ3n) is 4.92. The molecule has 1 aliphatic heterocycles. The summed E-state index contributed by atoms with van der Waals surface area (Å²) in [6, 6.07) is 10.3. The Labute approximate surface area is 143 Å². The van der Waals surface area contributed by atoms with E-state index >= 15 is 0 Å². The lowest BCUT2D eigenvalue weighted by Crippen LogP contribution is -2.52. The molecule has 0 spiro atoms. The summed E-state index contributed by atoms with van der Waals surface area (Å²) in [6.45, 7) is 2.66. The van der Waals surface area contributed by atoms with Gasteiger partial charge in [0.2, 0.25) is 5.91 Å². The van der Waals surface area contributed by atoms with Crippen molar-refractivity contribution in [3.63, 3.8) is 0 Å². The highest BCUT2D eigenvalue weighted by Crippen LogP contribution is 2.47. The first-order valence-corrected chi connectivity index (χ1v) is 9.72. The van der Waals surface area contributed by atoms with Gasteiger partial charge in [0.15, 0.2) is 0 Å². The van der Waals surface area contributed by atoms with E-state index in [0.29, 0.717) is 39.3 Å². The molecule has 3 rings (SSSR count). The first kappa shape index (κ1) is 17.3. The van der Waals surface area contributed by atoms with Gasteiger partial charge in [-0.15, -0.1) is 0 Å². The molecule has 7 nitrogen and oxygen atoms in total. The van der Waals surface area contributed by atoms with Crippen molar-refractivity contribution < 1.29 is 13.2 Å². The van der Waals surface area contributed by atoms with Crippen LogP contribution in [0.25, 0.3) is 0 Å². The molecule has 1 aromatic rings. The van der Waals surface area contributed by atoms with E-state index in [9.17, 15) is 13.2 Å². The van der Waals surface area contributed by atoms with E-state index in [2.05, 4.69) is 17.4 Å². The second kappa shape index (κ2) is 6.79. The number of benzene rings is 1. The number of nitrogens with one attached hydrogen (secondary N) is 1. The molecule has 0 radical (unpaired) electrons. The van der Waals surface area contributed by atoms with E-state index < -0.39 is 10.2 Å². The quantitative estimate of drug-likeness (QED) is 0.732. The molecule has 1 amide bonds. The minimum absolute atomic E-state index is 0.0127. The predicted molar refractivity (Wildman–Crippen MR) is 91.5 cm³/mol. The van der Waals surface area contributed by atoms with Crippen LogP contribution in [0.4, 0.5) is 0 Å². The van der Waals surface area contributed by atoms with E-state index in [0.717, 1.165) is 12.8 Å². The SMILES string of the molecule is NS(=O)(=O)N1CCN(CC(=O)NCC2(c3ccccc3)CC2)CC1. The number of hydrogen-bond acceptors (Lipinski definition) is 4. The summed E-state index contributed by atoms with van der Waals surface area (Å²) in [6.07, 6.45) is 2.20. The Morgan fingerprint density at radius 1 is 1.12 bits per heavy atom. The van der Waals surface area contributed by atoms with Crippen molar-refractivity contribution in [2.45, 2.75) is 18.3 Å². The molecule has 1 aliphatic carbocycles. The monoisotopic (exact) mass is 352 g/mol. The van der Waals surface area contributed by atoms with Crippen molar-refractivity contribution in [1.82, 2.24) is 14.5 Å². The van der Waals surface area contributed by atoms with Gasteiger partial charge in [0.25, 0.3) is 10.2 Å². The topological polar surface area (TPSA) is 95.7 Å². The summed E-state index contributed by atoms with van der Waals surface area (Å²) >= 11 is 0. The fourth-order valence-corrected chi connectivity index (χ4v) is 3.85. The molecule has 24 heavy (non-hydrogen) atoms. The second-order valence-corrected chi connectivity index (χ2v) is 8.19. The number of carbonyl (C=O) groups excluding carboxylic acids is 1. The van der Waals surface area contributed by atoms with Crippen molar-refractivity contribution in [3.8, 4) is 0 Å². The summed E-state index contributed by atoms with van der Waals surface area (Å²) in [5.41, 5.74) is 1.38. The Kier molecular flexibility index (Phi) is 4.91. The number of nitrogens with two attached hydrogens (primary N) is 1. The molecule has 3 N–H and O–H groups in total. The van der Waals surface area contributed by atoms with E-state index in [4.69, 9.17) is 5.14 Å². The molecule has 8 heteroatoms. The van der Waals surface area contributed by atoms with Gasteiger partial charge in [-0.3, -0.25) is 9.69 Å². The van der Waals surface area contributed by atoms with Gasteiger partial charge in [-0.2, -0.15) is 12.7 Å². The standard InChI is InChI=1S/C16H24N4O3S/c17-24(22,23)20-10-8-19(9-11-20)12-15(21)18-13-16(6-7-16)14-4-2-1-3-5-14/h1-5H,6-13H2,(H,18,21)(H2,17,22,23). The molecule has 1 heterocycles. The molecular weight excluding hydrogens is 328 g/mol. The van der Waals surface area contributed by atoms with Gasteiger partial charge in [-0.05, 0) is 18.4 Å². The number of carbonyl (C=O) groups is 1. The molecular formula is C16H24N4O3S. The summed E-state index contributed by atoms with van der Waals surface area (Å²) in [7, 11) is -3.62. The number of hydrogen-bond donors (Lipinski definition) is 2. The molecule has 1 saturated heterocycles. The van der Waals surface area contributed by atoms with Crippen LogP contribution in [-0.2, 0) is 20.4 Å².